The van der Waals surface area contributed by atoms with E-state index in [-0.39, 0.29) is 12.3 Å². The fourth-order valence-electron chi connectivity index (χ4n) is 0.904. The van der Waals surface area contributed by atoms with Gasteiger partial charge >= 0.3 is 0 Å². The van der Waals surface area contributed by atoms with Gasteiger partial charge in [-0.05, 0) is 0 Å². The fourth-order valence-corrected chi connectivity index (χ4v) is 0.904. The van der Waals surface area contributed by atoms with E-state index >= 15 is 0 Å². The predicted molar refractivity (Wildman–Crippen MR) is 50.6 cm³/mol. The van der Waals surface area contributed by atoms with E-state index in [0.29, 0.717) is 6.29 Å². The molecule has 0 fully saturated rings. The smallest absolute Gasteiger partial charge is 0.244 e. The Morgan fingerprint density at radius 3 is 2.79 bits per heavy atom. The topological polar surface area (TPSA) is 59.0 Å². The zero-order valence-corrected chi connectivity index (χ0v) is 8.56. The van der Waals surface area contributed by atoms with Crippen LogP contribution in [0.25, 0.3) is 0 Å². The molecule has 5 nitrogen and oxygen atoms in total. The van der Waals surface area contributed by atoms with Crippen molar-refractivity contribution in [2.75, 3.05) is 6.54 Å². The Balaban J connectivity index is 2.56. The van der Waals surface area contributed by atoms with Gasteiger partial charge in [0, 0.05) is 5.41 Å². The molecule has 0 aromatic carbocycles. The summed E-state index contributed by atoms with van der Waals surface area (Å²) in [4.78, 5) is 22.1. The lowest BCUT2D eigenvalue weighted by molar-refractivity contribution is -0.131. The van der Waals surface area contributed by atoms with Crippen LogP contribution < -0.4 is 0 Å². The number of carbonyl (C=O) groups excluding carboxylic acids is 2. The van der Waals surface area contributed by atoms with E-state index in [9.17, 15) is 9.59 Å². The summed E-state index contributed by atoms with van der Waals surface area (Å²) in [5, 5.41) is 5.11. The Kier molecular flexibility index (Phi) is 2.88. The third-order valence-corrected chi connectivity index (χ3v) is 1.95. The number of carbonyl (C=O) groups is 2. The Hall–Kier alpha value is -1.39. The van der Waals surface area contributed by atoms with Crippen molar-refractivity contribution in [3.8, 4) is 0 Å². The standard InChI is InChI=1S/C9H14N2O3/c1-9(2,3)7(13)4-11-8(5-12)14-6-10-11/h5-6,8H,4H2,1-3H3. The normalized spacial score (nSPS) is 20.8. The second kappa shape index (κ2) is 3.77. The second-order valence-electron chi connectivity index (χ2n) is 4.15. The summed E-state index contributed by atoms with van der Waals surface area (Å²) in [5.74, 6) is 0.0204. The van der Waals surface area contributed by atoms with Crippen LogP contribution in [-0.2, 0) is 14.3 Å². The van der Waals surface area contributed by atoms with Crippen LogP contribution >= 0.6 is 0 Å². The molecule has 0 radical (unpaired) electrons. The van der Waals surface area contributed by atoms with Crippen LogP contribution in [-0.4, -0.2) is 36.3 Å². The molecule has 78 valence electrons. The Bertz CT molecular complexity index is 268. The van der Waals surface area contributed by atoms with Crippen LogP contribution in [0, 0.1) is 5.41 Å². The number of rotatable bonds is 3. The first kappa shape index (κ1) is 10.7. The molecule has 0 saturated carbocycles. The number of hydrazone groups is 1. The van der Waals surface area contributed by atoms with Gasteiger partial charge in [-0.3, -0.25) is 9.59 Å². The zero-order valence-electron chi connectivity index (χ0n) is 8.56. The molecule has 0 N–H and O–H groups in total. The lowest BCUT2D eigenvalue weighted by Gasteiger charge is -2.22. The third-order valence-electron chi connectivity index (χ3n) is 1.95. The van der Waals surface area contributed by atoms with Crippen LogP contribution in [0.1, 0.15) is 20.8 Å². The van der Waals surface area contributed by atoms with Gasteiger partial charge in [0.2, 0.25) is 6.23 Å². The van der Waals surface area contributed by atoms with Crippen LogP contribution in [0.5, 0.6) is 0 Å². The first-order valence-corrected chi connectivity index (χ1v) is 4.38. The molecule has 1 heterocycles. The van der Waals surface area contributed by atoms with E-state index in [1.807, 2.05) is 20.8 Å². The number of ether oxygens (including phenoxy) is 1. The van der Waals surface area contributed by atoms with Gasteiger partial charge < -0.3 is 4.74 Å². The molecule has 0 bridgehead atoms. The molecule has 5 heteroatoms. The second-order valence-corrected chi connectivity index (χ2v) is 4.15. The van der Waals surface area contributed by atoms with Crippen LogP contribution in [0.3, 0.4) is 0 Å². The molecule has 1 atom stereocenters. The first-order valence-electron chi connectivity index (χ1n) is 4.38. The quantitative estimate of drug-likeness (QED) is 0.616. The van der Waals surface area contributed by atoms with Crippen molar-refractivity contribution in [2.24, 2.45) is 10.5 Å². The van der Waals surface area contributed by atoms with E-state index in [4.69, 9.17) is 4.74 Å². The third kappa shape index (κ3) is 2.31. The monoisotopic (exact) mass is 198 g/mol. The van der Waals surface area contributed by atoms with Crippen LogP contribution in [0.2, 0.25) is 0 Å². The highest BCUT2D eigenvalue weighted by Crippen LogP contribution is 2.17. The largest absolute Gasteiger partial charge is 0.450 e. The van der Waals surface area contributed by atoms with Gasteiger partial charge in [0.05, 0.1) is 6.54 Å². The SMILES string of the molecule is CC(C)(C)C(=O)CN1N=COC1C=O. The molecule has 1 aliphatic heterocycles. The van der Waals surface area contributed by atoms with E-state index in [1.54, 1.807) is 0 Å². The van der Waals surface area contributed by atoms with E-state index in [0.717, 1.165) is 0 Å². The zero-order chi connectivity index (χ0) is 10.8. The number of ketones is 1. The molecule has 0 aliphatic carbocycles. The minimum absolute atomic E-state index is 0.0204. The molecule has 14 heavy (non-hydrogen) atoms. The summed E-state index contributed by atoms with van der Waals surface area (Å²) < 4.78 is 4.84. The summed E-state index contributed by atoms with van der Waals surface area (Å²) in [6.07, 6.45) is 1.04. The van der Waals surface area contributed by atoms with Gasteiger partial charge in [-0.15, -0.1) is 5.10 Å². The van der Waals surface area contributed by atoms with Crippen molar-refractivity contribution in [2.45, 2.75) is 27.0 Å². The molecule has 0 spiro atoms. The summed E-state index contributed by atoms with van der Waals surface area (Å²) >= 11 is 0. The van der Waals surface area contributed by atoms with Gasteiger partial charge in [-0.1, -0.05) is 20.8 Å². The van der Waals surface area contributed by atoms with Crippen molar-refractivity contribution >= 4 is 18.5 Å². The molecule has 0 aromatic heterocycles. The maximum atomic E-state index is 11.6. The van der Waals surface area contributed by atoms with E-state index in [1.165, 1.54) is 11.4 Å². The van der Waals surface area contributed by atoms with Gasteiger partial charge in [0.15, 0.2) is 18.5 Å². The predicted octanol–water partition coefficient (Wildman–Crippen LogP) is 0.402. The summed E-state index contributed by atoms with van der Waals surface area (Å²) in [6.45, 7) is 5.58. The van der Waals surface area contributed by atoms with Gasteiger partial charge in [-0.25, -0.2) is 5.01 Å². The first-order chi connectivity index (χ1) is 6.45. The van der Waals surface area contributed by atoms with Crippen molar-refractivity contribution < 1.29 is 14.3 Å². The molecular weight excluding hydrogens is 184 g/mol. The molecule has 0 amide bonds. The maximum absolute atomic E-state index is 11.6. The van der Waals surface area contributed by atoms with Crippen molar-refractivity contribution in [1.29, 1.82) is 0 Å². The Morgan fingerprint density at radius 1 is 1.64 bits per heavy atom. The lowest BCUT2D eigenvalue weighted by atomic mass is 9.91. The van der Waals surface area contributed by atoms with E-state index < -0.39 is 11.6 Å². The molecule has 1 aliphatic rings. The highest BCUT2D eigenvalue weighted by molar-refractivity contribution is 5.86. The van der Waals surface area contributed by atoms with Crippen molar-refractivity contribution in [1.82, 2.24) is 5.01 Å². The highest BCUT2D eigenvalue weighted by atomic mass is 16.5. The minimum Gasteiger partial charge on any atom is -0.450 e. The number of hydrogen-bond acceptors (Lipinski definition) is 5. The highest BCUT2D eigenvalue weighted by Gasteiger charge is 2.28. The van der Waals surface area contributed by atoms with Gasteiger partial charge in [0.25, 0.3) is 0 Å². The average Bonchev–Trinajstić information content (AvgIpc) is 2.50. The maximum Gasteiger partial charge on any atom is 0.244 e. The summed E-state index contributed by atoms with van der Waals surface area (Å²) in [7, 11) is 0. The van der Waals surface area contributed by atoms with Gasteiger partial charge in [-0.2, -0.15) is 0 Å². The molecule has 1 unspecified atom stereocenters. The number of hydrogen-bond donors (Lipinski definition) is 0. The number of nitrogens with zero attached hydrogens (tertiary/aromatic N) is 2. The number of Topliss-reactive ketones (excluding diaryl/α,β-unsaturated/α-hetero) is 1. The Morgan fingerprint density at radius 2 is 2.29 bits per heavy atom. The summed E-state index contributed by atoms with van der Waals surface area (Å²) in [5.41, 5.74) is -0.425. The fraction of sp³-hybridized carbons (Fsp3) is 0.667. The summed E-state index contributed by atoms with van der Waals surface area (Å²) in [6, 6.07) is 0. The minimum atomic E-state index is -0.749. The average molecular weight is 198 g/mol. The van der Waals surface area contributed by atoms with E-state index in [2.05, 4.69) is 5.10 Å². The van der Waals surface area contributed by atoms with Crippen LogP contribution in [0.4, 0.5) is 0 Å². The van der Waals surface area contributed by atoms with Crippen molar-refractivity contribution in [3.05, 3.63) is 0 Å². The van der Waals surface area contributed by atoms with Crippen molar-refractivity contribution in [3.63, 3.8) is 0 Å². The van der Waals surface area contributed by atoms with Gasteiger partial charge in [0.1, 0.15) is 0 Å². The molecule has 0 saturated heterocycles. The lowest BCUT2D eigenvalue weighted by Crippen LogP contribution is -2.38. The van der Waals surface area contributed by atoms with Crippen LogP contribution in [0.15, 0.2) is 5.10 Å². The number of aldehydes is 1. The molecule has 1 rings (SSSR count). The molecular formula is C9H14N2O3. The molecule has 0 aromatic rings. The Labute approximate surface area is 82.7 Å².